The number of hydrogen-bond donors (Lipinski definition) is 1. The molecule has 0 spiro atoms. The van der Waals surface area contributed by atoms with Crippen LogP contribution in [0.3, 0.4) is 0 Å². The fraction of sp³-hybridized carbons (Fsp3) is 0.316. The highest BCUT2D eigenvalue weighted by Crippen LogP contribution is 2.26. The van der Waals surface area contributed by atoms with Crippen molar-refractivity contribution in [3.05, 3.63) is 48.0 Å². The van der Waals surface area contributed by atoms with E-state index in [1.165, 1.54) is 0 Å². The van der Waals surface area contributed by atoms with Gasteiger partial charge >= 0.3 is 0 Å². The maximum Gasteiger partial charge on any atom is 0.204 e. The molecule has 24 heavy (non-hydrogen) atoms. The maximum absolute atomic E-state index is 5.47. The first-order valence-corrected chi connectivity index (χ1v) is 8.16. The summed E-state index contributed by atoms with van der Waals surface area (Å²) in [6.45, 7) is 3.74. The molecule has 1 aromatic heterocycles. The van der Waals surface area contributed by atoms with Crippen LogP contribution in [-0.2, 0) is 13.1 Å². The number of para-hydroxylation sites is 2. The molecule has 5 nitrogen and oxygen atoms in total. The van der Waals surface area contributed by atoms with E-state index in [1.54, 1.807) is 14.2 Å². The zero-order chi connectivity index (χ0) is 16.9. The number of benzene rings is 2. The lowest BCUT2D eigenvalue weighted by atomic mass is 10.2. The Kier molecular flexibility index (Phi) is 4.89. The van der Waals surface area contributed by atoms with Crippen LogP contribution in [0.15, 0.2) is 42.5 Å². The van der Waals surface area contributed by atoms with Crippen molar-refractivity contribution in [1.82, 2.24) is 9.55 Å². The molecule has 5 heteroatoms. The van der Waals surface area contributed by atoms with Gasteiger partial charge in [0.15, 0.2) is 0 Å². The van der Waals surface area contributed by atoms with Crippen LogP contribution in [0.25, 0.3) is 11.0 Å². The van der Waals surface area contributed by atoms with E-state index in [-0.39, 0.29) is 0 Å². The molecular weight excluding hydrogens is 302 g/mol. The molecule has 0 saturated carbocycles. The van der Waals surface area contributed by atoms with Gasteiger partial charge in [-0.2, -0.15) is 0 Å². The molecule has 0 unspecified atom stereocenters. The van der Waals surface area contributed by atoms with Crippen molar-refractivity contribution in [3.63, 3.8) is 0 Å². The number of nitrogens with zero attached hydrogens (tertiary/aromatic N) is 2. The van der Waals surface area contributed by atoms with E-state index >= 15 is 0 Å². The van der Waals surface area contributed by atoms with Crippen LogP contribution < -0.4 is 14.8 Å². The lowest BCUT2D eigenvalue weighted by molar-refractivity contribution is 0.391. The Labute approximate surface area is 142 Å². The van der Waals surface area contributed by atoms with Crippen molar-refractivity contribution >= 4 is 17.0 Å². The molecule has 0 atom stereocenters. The van der Waals surface area contributed by atoms with Gasteiger partial charge in [-0.05, 0) is 30.7 Å². The summed E-state index contributed by atoms with van der Waals surface area (Å²) in [5.41, 5.74) is 3.23. The normalized spacial score (nSPS) is 10.8. The maximum atomic E-state index is 5.47. The molecule has 0 fully saturated rings. The summed E-state index contributed by atoms with van der Waals surface area (Å²) in [7, 11) is 3.32. The van der Waals surface area contributed by atoms with E-state index in [0.717, 1.165) is 47.0 Å². The van der Waals surface area contributed by atoms with Gasteiger partial charge in [-0.3, -0.25) is 0 Å². The predicted molar refractivity (Wildman–Crippen MR) is 96.9 cm³/mol. The fourth-order valence-electron chi connectivity index (χ4n) is 2.83. The van der Waals surface area contributed by atoms with Gasteiger partial charge in [0.1, 0.15) is 11.5 Å². The molecule has 0 aliphatic carbocycles. The van der Waals surface area contributed by atoms with Crippen molar-refractivity contribution in [1.29, 1.82) is 0 Å². The minimum absolute atomic E-state index is 0.639. The van der Waals surface area contributed by atoms with Gasteiger partial charge in [-0.25, -0.2) is 4.98 Å². The summed E-state index contributed by atoms with van der Waals surface area (Å²) in [6.07, 6.45) is 1.06. The molecule has 1 heterocycles. The van der Waals surface area contributed by atoms with Gasteiger partial charge in [-0.15, -0.1) is 0 Å². The first-order chi connectivity index (χ1) is 11.8. The second-order valence-electron chi connectivity index (χ2n) is 5.61. The Morgan fingerprint density at radius 3 is 2.67 bits per heavy atom. The molecule has 0 aliphatic heterocycles. The molecule has 126 valence electrons. The quantitative estimate of drug-likeness (QED) is 0.711. The second kappa shape index (κ2) is 7.25. The lowest BCUT2D eigenvalue weighted by Crippen LogP contribution is -2.08. The predicted octanol–water partition coefficient (Wildman–Crippen LogP) is 4.08. The number of methoxy groups -OCH3 is 2. The molecular formula is C19H23N3O2. The molecule has 0 aliphatic rings. The van der Waals surface area contributed by atoms with Gasteiger partial charge in [0, 0.05) is 24.7 Å². The molecule has 3 rings (SSSR count). The Morgan fingerprint density at radius 1 is 1.08 bits per heavy atom. The molecule has 3 aromatic rings. The first-order valence-electron chi connectivity index (χ1n) is 8.16. The van der Waals surface area contributed by atoms with Crippen molar-refractivity contribution in [2.24, 2.45) is 0 Å². The highest BCUT2D eigenvalue weighted by atomic mass is 16.5. The number of fused-ring (bicyclic) bond motifs is 1. The summed E-state index contributed by atoms with van der Waals surface area (Å²) in [5, 5.41) is 3.45. The van der Waals surface area contributed by atoms with E-state index in [1.807, 2.05) is 36.4 Å². The number of ether oxygens (including phenoxy) is 2. The molecule has 0 saturated heterocycles. The van der Waals surface area contributed by atoms with E-state index in [9.17, 15) is 0 Å². The van der Waals surface area contributed by atoms with E-state index in [4.69, 9.17) is 14.5 Å². The van der Waals surface area contributed by atoms with Gasteiger partial charge in [0.2, 0.25) is 5.95 Å². The topological polar surface area (TPSA) is 48.3 Å². The number of hydrogen-bond acceptors (Lipinski definition) is 4. The zero-order valence-corrected chi connectivity index (χ0v) is 14.4. The Balaban J connectivity index is 1.87. The molecule has 0 radical (unpaired) electrons. The standard InChI is InChI=1S/C19H23N3O2/c1-4-11-22-17-8-6-5-7-16(17)21-19(22)20-13-14-9-10-15(23-2)12-18(14)24-3/h5-10,12H,4,11,13H2,1-3H3,(H,20,21). The van der Waals surface area contributed by atoms with Crippen LogP contribution in [0.5, 0.6) is 11.5 Å². The van der Waals surface area contributed by atoms with Crippen molar-refractivity contribution in [3.8, 4) is 11.5 Å². The summed E-state index contributed by atoms with van der Waals surface area (Å²) >= 11 is 0. The summed E-state index contributed by atoms with van der Waals surface area (Å²) < 4.78 is 12.9. The Bertz CT molecular complexity index is 827. The summed E-state index contributed by atoms with van der Waals surface area (Å²) in [6, 6.07) is 14.1. The number of anilines is 1. The average molecular weight is 325 g/mol. The van der Waals surface area contributed by atoms with Crippen molar-refractivity contribution in [2.45, 2.75) is 26.4 Å². The van der Waals surface area contributed by atoms with Crippen LogP contribution in [0, 0.1) is 0 Å². The number of imidazole rings is 1. The summed E-state index contributed by atoms with van der Waals surface area (Å²) in [4.78, 5) is 4.72. The Hall–Kier alpha value is -2.69. The fourth-order valence-corrected chi connectivity index (χ4v) is 2.83. The van der Waals surface area contributed by atoms with Crippen LogP contribution in [-0.4, -0.2) is 23.8 Å². The van der Waals surface area contributed by atoms with Crippen molar-refractivity contribution < 1.29 is 9.47 Å². The number of nitrogens with one attached hydrogen (secondary N) is 1. The third-order valence-corrected chi connectivity index (χ3v) is 4.03. The average Bonchev–Trinajstić information content (AvgIpc) is 2.98. The van der Waals surface area contributed by atoms with Crippen LogP contribution in [0.4, 0.5) is 5.95 Å². The monoisotopic (exact) mass is 325 g/mol. The molecule has 0 amide bonds. The molecule has 0 bridgehead atoms. The molecule has 2 aromatic carbocycles. The molecule has 1 N–H and O–H groups in total. The van der Waals surface area contributed by atoms with E-state index < -0.39 is 0 Å². The van der Waals surface area contributed by atoms with Gasteiger partial charge in [0.05, 0.1) is 25.3 Å². The highest BCUT2D eigenvalue weighted by molar-refractivity contribution is 5.78. The van der Waals surface area contributed by atoms with Crippen LogP contribution >= 0.6 is 0 Å². The van der Waals surface area contributed by atoms with E-state index in [0.29, 0.717) is 6.54 Å². The van der Waals surface area contributed by atoms with E-state index in [2.05, 4.69) is 22.9 Å². The second-order valence-corrected chi connectivity index (χ2v) is 5.61. The summed E-state index contributed by atoms with van der Waals surface area (Å²) in [5.74, 6) is 2.48. The Morgan fingerprint density at radius 2 is 1.92 bits per heavy atom. The third kappa shape index (κ3) is 3.15. The number of aromatic nitrogens is 2. The minimum Gasteiger partial charge on any atom is -0.497 e. The first kappa shape index (κ1) is 16.2. The largest absolute Gasteiger partial charge is 0.497 e. The zero-order valence-electron chi connectivity index (χ0n) is 14.4. The smallest absolute Gasteiger partial charge is 0.204 e. The van der Waals surface area contributed by atoms with Gasteiger partial charge in [-0.1, -0.05) is 19.1 Å². The SMILES string of the molecule is CCCn1c(NCc2ccc(OC)cc2OC)nc2ccccc21. The number of aryl methyl sites for hydroxylation is 1. The number of rotatable bonds is 7. The highest BCUT2D eigenvalue weighted by Gasteiger charge is 2.11. The van der Waals surface area contributed by atoms with Crippen LogP contribution in [0.1, 0.15) is 18.9 Å². The third-order valence-electron chi connectivity index (χ3n) is 4.03. The van der Waals surface area contributed by atoms with Gasteiger partial charge < -0.3 is 19.4 Å². The lowest BCUT2D eigenvalue weighted by Gasteiger charge is -2.13. The van der Waals surface area contributed by atoms with Crippen molar-refractivity contribution in [2.75, 3.05) is 19.5 Å². The minimum atomic E-state index is 0.639. The van der Waals surface area contributed by atoms with Crippen LogP contribution in [0.2, 0.25) is 0 Å². The van der Waals surface area contributed by atoms with Gasteiger partial charge in [0.25, 0.3) is 0 Å².